The van der Waals surface area contributed by atoms with E-state index in [1.807, 2.05) is 6.92 Å². The second kappa shape index (κ2) is 8.45. The number of nitrogens with zero attached hydrogens (tertiary/aromatic N) is 1. The summed E-state index contributed by atoms with van der Waals surface area (Å²) in [6.07, 6.45) is 2.91. The number of fused-ring (bicyclic) bond motifs is 1. The Morgan fingerprint density at radius 1 is 1.04 bits per heavy atom. The van der Waals surface area contributed by atoms with Gasteiger partial charge in [0.05, 0.1) is 4.90 Å². The van der Waals surface area contributed by atoms with E-state index in [9.17, 15) is 13.2 Å². The van der Waals surface area contributed by atoms with Crippen LogP contribution in [0.2, 0.25) is 0 Å². The standard InChI is InChI=1S/C22H28N2O3S/c1-4-16-7-8-17(5-2)19(13-16)15-23-28(26,27)20-9-10-21-18(14-20)11-12-24(21)22(25)6-3/h7-10,13-14,23H,4-6,11-12,15H2,1-3H3. The van der Waals surface area contributed by atoms with Crippen LogP contribution in [-0.4, -0.2) is 20.9 Å². The predicted octanol–water partition coefficient (Wildman–Crippen LogP) is 3.59. The van der Waals surface area contributed by atoms with Crippen LogP contribution in [0.1, 0.15) is 49.4 Å². The summed E-state index contributed by atoms with van der Waals surface area (Å²) in [5.41, 5.74) is 5.11. The second-order valence-corrected chi connectivity index (χ2v) is 8.84. The van der Waals surface area contributed by atoms with Gasteiger partial charge in [-0.25, -0.2) is 13.1 Å². The zero-order chi connectivity index (χ0) is 20.3. The Morgan fingerprint density at radius 2 is 1.82 bits per heavy atom. The average molecular weight is 401 g/mol. The minimum Gasteiger partial charge on any atom is -0.312 e. The molecule has 1 aliphatic heterocycles. The molecule has 0 radical (unpaired) electrons. The summed E-state index contributed by atoms with van der Waals surface area (Å²) in [7, 11) is -3.62. The molecule has 0 fully saturated rings. The number of hydrogen-bond acceptors (Lipinski definition) is 3. The van der Waals surface area contributed by atoms with Crippen LogP contribution in [0.3, 0.4) is 0 Å². The van der Waals surface area contributed by atoms with Crippen LogP contribution in [0.15, 0.2) is 41.3 Å². The van der Waals surface area contributed by atoms with E-state index in [0.29, 0.717) is 19.4 Å². The van der Waals surface area contributed by atoms with Gasteiger partial charge in [-0.2, -0.15) is 0 Å². The van der Waals surface area contributed by atoms with Crippen molar-refractivity contribution in [3.63, 3.8) is 0 Å². The second-order valence-electron chi connectivity index (χ2n) is 7.07. The first-order chi connectivity index (χ1) is 13.4. The maximum Gasteiger partial charge on any atom is 0.240 e. The fourth-order valence-corrected chi connectivity index (χ4v) is 4.72. The summed E-state index contributed by atoms with van der Waals surface area (Å²) in [6.45, 7) is 6.88. The van der Waals surface area contributed by atoms with E-state index >= 15 is 0 Å². The van der Waals surface area contributed by atoms with E-state index in [2.05, 4.69) is 36.8 Å². The SMILES string of the molecule is CCC(=O)N1CCc2cc(S(=O)(=O)NCc3cc(CC)ccc3CC)ccc21. The minimum absolute atomic E-state index is 0.0652. The highest BCUT2D eigenvalue weighted by molar-refractivity contribution is 7.89. The largest absolute Gasteiger partial charge is 0.312 e. The Morgan fingerprint density at radius 3 is 2.50 bits per heavy atom. The van der Waals surface area contributed by atoms with E-state index in [4.69, 9.17) is 0 Å². The van der Waals surface area contributed by atoms with Crippen LogP contribution in [0, 0.1) is 0 Å². The van der Waals surface area contributed by atoms with Crippen LogP contribution in [-0.2, 0) is 40.6 Å². The van der Waals surface area contributed by atoms with E-state index in [1.54, 1.807) is 23.1 Å². The number of aryl methyl sites for hydroxylation is 2. The van der Waals surface area contributed by atoms with Gasteiger partial charge in [0, 0.05) is 25.2 Å². The highest BCUT2D eigenvalue weighted by Gasteiger charge is 2.25. The number of amides is 1. The summed E-state index contributed by atoms with van der Waals surface area (Å²) >= 11 is 0. The summed E-state index contributed by atoms with van der Waals surface area (Å²) in [5, 5.41) is 0. The van der Waals surface area contributed by atoms with E-state index < -0.39 is 10.0 Å². The molecule has 3 rings (SSSR count). The third kappa shape index (κ3) is 4.13. The molecule has 1 N–H and O–H groups in total. The molecule has 0 atom stereocenters. The van der Waals surface area contributed by atoms with Gasteiger partial charge in [0.1, 0.15) is 0 Å². The molecule has 150 valence electrons. The summed E-state index contributed by atoms with van der Waals surface area (Å²) in [6, 6.07) is 11.3. The molecule has 0 unspecified atom stereocenters. The molecule has 1 heterocycles. The number of rotatable bonds is 7. The van der Waals surface area contributed by atoms with Crippen molar-refractivity contribution in [3.05, 3.63) is 58.7 Å². The first-order valence-corrected chi connectivity index (χ1v) is 11.4. The summed E-state index contributed by atoms with van der Waals surface area (Å²) in [4.78, 5) is 14.0. The van der Waals surface area contributed by atoms with Crippen molar-refractivity contribution >= 4 is 21.6 Å². The quantitative estimate of drug-likeness (QED) is 0.772. The van der Waals surface area contributed by atoms with E-state index in [1.165, 1.54) is 5.56 Å². The van der Waals surface area contributed by atoms with Crippen molar-refractivity contribution < 1.29 is 13.2 Å². The zero-order valence-corrected chi connectivity index (χ0v) is 17.6. The van der Waals surface area contributed by atoms with Gasteiger partial charge < -0.3 is 4.90 Å². The number of carbonyl (C=O) groups excluding carboxylic acids is 1. The normalized spacial score (nSPS) is 13.6. The first kappa shape index (κ1) is 20.6. The molecule has 28 heavy (non-hydrogen) atoms. The highest BCUT2D eigenvalue weighted by atomic mass is 32.2. The van der Waals surface area contributed by atoms with Crippen molar-refractivity contribution in [1.82, 2.24) is 4.72 Å². The lowest BCUT2D eigenvalue weighted by Gasteiger charge is -2.17. The molecule has 1 aliphatic rings. The van der Waals surface area contributed by atoms with Crippen molar-refractivity contribution in [2.45, 2.75) is 57.9 Å². The Balaban J connectivity index is 1.80. The van der Waals surface area contributed by atoms with Crippen molar-refractivity contribution in [1.29, 1.82) is 0 Å². The Labute approximate surface area is 167 Å². The van der Waals surface area contributed by atoms with Gasteiger partial charge in [-0.1, -0.05) is 39.0 Å². The van der Waals surface area contributed by atoms with Crippen LogP contribution in [0.4, 0.5) is 5.69 Å². The van der Waals surface area contributed by atoms with Gasteiger partial charge >= 0.3 is 0 Å². The lowest BCUT2D eigenvalue weighted by Crippen LogP contribution is -2.27. The molecular weight excluding hydrogens is 372 g/mol. The van der Waals surface area contributed by atoms with Gasteiger partial charge in [0.25, 0.3) is 0 Å². The highest BCUT2D eigenvalue weighted by Crippen LogP contribution is 2.30. The number of anilines is 1. The molecular formula is C22H28N2O3S. The Bertz CT molecular complexity index is 983. The summed E-state index contributed by atoms with van der Waals surface area (Å²) in [5.74, 6) is 0.0652. The maximum absolute atomic E-state index is 12.8. The maximum atomic E-state index is 12.8. The molecule has 0 bridgehead atoms. The number of carbonyl (C=O) groups is 1. The van der Waals surface area contributed by atoms with Crippen LogP contribution in [0.25, 0.3) is 0 Å². The lowest BCUT2D eigenvalue weighted by atomic mass is 10.0. The van der Waals surface area contributed by atoms with Gasteiger partial charge in [0.2, 0.25) is 15.9 Å². The fourth-order valence-electron chi connectivity index (χ4n) is 3.66. The van der Waals surface area contributed by atoms with Crippen molar-refractivity contribution in [2.75, 3.05) is 11.4 Å². The van der Waals surface area contributed by atoms with Gasteiger partial charge in [-0.3, -0.25) is 4.79 Å². The average Bonchev–Trinajstić information content (AvgIpc) is 3.14. The van der Waals surface area contributed by atoms with E-state index in [-0.39, 0.29) is 17.3 Å². The molecule has 6 heteroatoms. The van der Waals surface area contributed by atoms with Gasteiger partial charge in [-0.05, 0) is 59.7 Å². The molecule has 0 aliphatic carbocycles. The molecule has 0 saturated carbocycles. The molecule has 2 aromatic rings. The minimum atomic E-state index is -3.62. The molecule has 0 saturated heterocycles. The number of hydrogen-bond donors (Lipinski definition) is 1. The number of nitrogens with one attached hydrogen (secondary N) is 1. The Kier molecular flexibility index (Phi) is 6.20. The third-order valence-corrected chi connectivity index (χ3v) is 6.77. The lowest BCUT2D eigenvalue weighted by molar-refractivity contribution is -0.118. The molecule has 1 amide bonds. The Hall–Kier alpha value is -2.18. The number of sulfonamides is 1. The smallest absolute Gasteiger partial charge is 0.240 e. The molecule has 5 nitrogen and oxygen atoms in total. The van der Waals surface area contributed by atoms with Crippen LogP contribution >= 0.6 is 0 Å². The van der Waals surface area contributed by atoms with Gasteiger partial charge in [0.15, 0.2) is 0 Å². The summed E-state index contributed by atoms with van der Waals surface area (Å²) < 4.78 is 28.4. The van der Waals surface area contributed by atoms with Crippen LogP contribution in [0.5, 0.6) is 0 Å². The fraction of sp³-hybridized carbons (Fsp3) is 0.409. The molecule has 0 aromatic heterocycles. The molecule has 2 aromatic carbocycles. The first-order valence-electron chi connectivity index (χ1n) is 9.93. The zero-order valence-electron chi connectivity index (χ0n) is 16.8. The van der Waals surface area contributed by atoms with Gasteiger partial charge in [-0.15, -0.1) is 0 Å². The van der Waals surface area contributed by atoms with Crippen molar-refractivity contribution in [3.8, 4) is 0 Å². The topological polar surface area (TPSA) is 66.5 Å². The predicted molar refractivity (Wildman–Crippen MR) is 112 cm³/mol. The third-order valence-electron chi connectivity index (χ3n) is 5.37. The van der Waals surface area contributed by atoms with Crippen molar-refractivity contribution in [2.24, 2.45) is 0 Å². The molecule has 0 spiro atoms. The van der Waals surface area contributed by atoms with Crippen LogP contribution < -0.4 is 9.62 Å². The van der Waals surface area contributed by atoms with E-state index in [0.717, 1.165) is 35.2 Å². The number of benzene rings is 2. The monoisotopic (exact) mass is 400 g/mol.